The third kappa shape index (κ3) is 5.64. The predicted octanol–water partition coefficient (Wildman–Crippen LogP) is 4.04. The van der Waals surface area contributed by atoms with Gasteiger partial charge in [-0.05, 0) is 55.0 Å². The number of amides is 1. The minimum atomic E-state index is -0.495. The number of aromatic nitrogens is 2. The smallest absolute Gasteiger partial charge is 0.253 e. The summed E-state index contributed by atoms with van der Waals surface area (Å²) in [5.74, 6) is -0.119. The maximum Gasteiger partial charge on any atom is 0.253 e. The number of epoxide rings is 1. The average molecular weight is 510 g/mol. The van der Waals surface area contributed by atoms with E-state index in [9.17, 15) is 13.6 Å². The Morgan fingerprint density at radius 1 is 1.24 bits per heavy atom. The summed E-state index contributed by atoms with van der Waals surface area (Å²) >= 11 is 0. The molecule has 2 heterocycles. The van der Waals surface area contributed by atoms with Gasteiger partial charge in [0.25, 0.3) is 5.91 Å². The van der Waals surface area contributed by atoms with Crippen molar-refractivity contribution in [1.82, 2.24) is 14.9 Å². The number of hydrogen-bond donors (Lipinski definition) is 2. The van der Waals surface area contributed by atoms with E-state index in [1.807, 2.05) is 13.0 Å². The molecule has 0 spiro atoms. The van der Waals surface area contributed by atoms with Gasteiger partial charge in [-0.25, -0.2) is 18.7 Å². The number of nitrogens with one attached hydrogen (secondary N) is 1. The van der Waals surface area contributed by atoms with Gasteiger partial charge < -0.3 is 25.4 Å². The fourth-order valence-electron chi connectivity index (χ4n) is 4.23. The van der Waals surface area contributed by atoms with Crippen LogP contribution >= 0.6 is 0 Å². The molecule has 2 aromatic carbocycles. The molecule has 194 valence electrons. The molecule has 3 aromatic rings. The SMILES string of the molecule is Cc1c(NCc2ccc(C3CC3)cc2F)cc(F)cc1-c1ncnc(N)c1OCCN(C)C(=O)C1CO1. The summed E-state index contributed by atoms with van der Waals surface area (Å²) in [6.45, 7) is 2.87. The number of ether oxygens (including phenoxy) is 2. The molecule has 1 saturated carbocycles. The second-order valence-corrected chi connectivity index (χ2v) is 9.47. The lowest BCUT2D eigenvalue weighted by atomic mass is 10.0. The van der Waals surface area contributed by atoms with Crippen LogP contribution in [0.4, 0.5) is 20.3 Å². The fourth-order valence-corrected chi connectivity index (χ4v) is 4.23. The van der Waals surface area contributed by atoms with Gasteiger partial charge in [-0.1, -0.05) is 12.1 Å². The molecule has 2 fully saturated rings. The van der Waals surface area contributed by atoms with E-state index >= 15 is 0 Å². The van der Waals surface area contributed by atoms with Crippen LogP contribution in [0.3, 0.4) is 0 Å². The van der Waals surface area contributed by atoms with E-state index in [1.165, 1.54) is 23.4 Å². The first-order chi connectivity index (χ1) is 17.8. The standard InChI is InChI=1S/C27H29F2N5O3/c1-15-20(24-25(26(30)33-14-32-24)36-8-7-34(2)27(35)23-13-37-23)10-19(28)11-22(15)31-12-18-6-5-17(9-21(18)29)16-3-4-16/h5-6,9-11,14,16,23,31H,3-4,7-8,12-13H2,1-2H3,(H2,30,32,33). The van der Waals surface area contributed by atoms with Gasteiger partial charge in [-0.15, -0.1) is 0 Å². The van der Waals surface area contributed by atoms with E-state index in [0.717, 1.165) is 18.4 Å². The molecule has 2 aliphatic rings. The molecule has 3 N–H and O–H groups in total. The number of anilines is 2. The summed E-state index contributed by atoms with van der Waals surface area (Å²) in [6.07, 6.45) is 3.11. The Hall–Kier alpha value is -3.79. The summed E-state index contributed by atoms with van der Waals surface area (Å²) < 4.78 is 40.3. The number of likely N-dealkylation sites (N-methyl/N-ethyl adjacent to an activating group) is 1. The Bertz CT molecular complexity index is 1330. The first-order valence-electron chi connectivity index (χ1n) is 12.2. The molecule has 0 radical (unpaired) electrons. The second-order valence-electron chi connectivity index (χ2n) is 9.47. The Morgan fingerprint density at radius 3 is 2.73 bits per heavy atom. The number of carbonyl (C=O) groups is 1. The topological polar surface area (TPSA) is 106 Å². The number of benzene rings is 2. The number of nitrogens with two attached hydrogens (primary N) is 1. The van der Waals surface area contributed by atoms with Crippen molar-refractivity contribution in [3.63, 3.8) is 0 Å². The molecule has 1 atom stereocenters. The van der Waals surface area contributed by atoms with Crippen LogP contribution in [0, 0.1) is 18.6 Å². The highest BCUT2D eigenvalue weighted by Gasteiger charge is 2.33. The van der Waals surface area contributed by atoms with Crippen LogP contribution in [0.25, 0.3) is 11.3 Å². The number of halogens is 2. The lowest BCUT2D eigenvalue weighted by Crippen LogP contribution is -2.34. The zero-order valence-electron chi connectivity index (χ0n) is 20.8. The van der Waals surface area contributed by atoms with Gasteiger partial charge in [-0.3, -0.25) is 4.79 Å². The van der Waals surface area contributed by atoms with Gasteiger partial charge in [0.2, 0.25) is 0 Å². The van der Waals surface area contributed by atoms with Crippen molar-refractivity contribution in [3.8, 4) is 17.0 Å². The third-order valence-electron chi connectivity index (χ3n) is 6.71. The number of hydrogen-bond acceptors (Lipinski definition) is 7. The van der Waals surface area contributed by atoms with E-state index < -0.39 is 5.82 Å². The van der Waals surface area contributed by atoms with Gasteiger partial charge in [-0.2, -0.15) is 0 Å². The maximum absolute atomic E-state index is 14.7. The molecular weight excluding hydrogens is 480 g/mol. The van der Waals surface area contributed by atoms with Gasteiger partial charge >= 0.3 is 0 Å². The Labute approximate surface area is 213 Å². The average Bonchev–Trinajstić information content (AvgIpc) is 3.78. The molecule has 8 nitrogen and oxygen atoms in total. The summed E-state index contributed by atoms with van der Waals surface area (Å²) in [5, 5.41) is 3.16. The van der Waals surface area contributed by atoms with E-state index in [0.29, 0.717) is 47.1 Å². The van der Waals surface area contributed by atoms with E-state index in [1.54, 1.807) is 19.2 Å². The monoisotopic (exact) mass is 509 g/mol. The highest BCUT2D eigenvalue weighted by molar-refractivity contribution is 5.82. The van der Waals surface area contributed by atoms with E-state index in [2.05, 4.69) is 15.3 Å². The minimum absolute atomic E-state index is 0.0977. The largest absolute Gasteiger partial charge is 0.486 e. The summed E-state index contributed by atoms with van der Waals surface area (Å²) in [6, 6.07) is 8.03. The minimum Gasteiger partial charge on any atom is -0.486 e. The van der Waals surface area contributed by atoms with Crippen molar-refractivity contribution in [2.24, 2.45) is 0 Å². The van der Waals surface area contributed by atoms with E-state index in [-0.39, 0.29) is 42.5 Å². The van der Waals surface area contributed by atoms with Crippen LogP contribution in [0.15, 0.2) is 36.7 Å². The number of nitrogens with zero attached hydrogens (tertiary/aromatic N) is 3. The highest BCUT2D eigenvalue weighted by atomic mass is 19.1. The first-order valence-corrected chi connectivity index (χ1v) is 12.2. The van der Waals surface area contributed by atoms with Crippen molar-refractivity contribution in [2.75, 3.05) is 37.9 Å². The molecule has 5 rings (SSSR count). The molecular formula is C27H29F2N5O3. The lowest BCUT2D eigenvalue weighted by Gasteiger charge is -2.19. The molecule has 0 bridgehead atoms. The fraction of sp³-hybridized carbons (Fsp3) is 0.370. The van der Waals surface area contributed by atoms with Crippen molar-refractivity contribution < 1.29 is 23.0 Å². The van der Waals surface area contributed by atoms with E-state index in [4.69, 9.17) is 15.2 Å². The normalized spacial score (nSPS) is 16.4. The highest BCUT2D eigenvalue weighted by Crippen LogP contribution is 2.40. The van der Waals surface area contributed by atoms with Gasteiger partial charge in [0.1, 0.15) is 30.3 Å². The van der Waals surface area contributed by atoms with Gasteiger partial charge in [0, 0.05) is 30.4 Å². The molecule has 37 heavy (non-hydrogen) atoms. The zero-order chi connectivity index (χ0) is 26.1. The molecule has 1 aromatic heterocycles. The molecule has 10 heteroatoms. The second kappa shape index (κ2) is 10.3. The molecule has 1 amide bonds. The summed E-state index contributed by atoms with van der Waals surface area (Å²) in [5.41, 5.74) is 9.59. The Kier molecular flexibility index (Phi) is 6.92. The zero-order valence-corrected chi connectivity index (χ0v) is 20.8. The predicted molar refractivity (Wildman–Crippen MR) is 135 cm³/mol. The van der Waals surface area contributed by atoms with Crippen molar-refractivity contribution in [1.29, 1.82) is 0 Å². The van der Waals surface area contributed by atoms with Crippen LogP contribution in [-0.4, -0.2) is 53.7 Å². The number of rotatable bonds is 10. The maximum atomic E-state index is 14.7. The number of nitrogen functional groups attached to an aromatic ring is 1. The third-order valence-corrected chi connectivity index (χ3v) is 6.71. The lowest BCUT2D eigenvalue weighted by molar-refractivity contribution is -0.131. The van der Waals surface area contributed by atoms with Gasteiger partial charge in [0.15, 0.2) is 17.7 Å². The summed E-state index contributed by atoms with van der Waals surface area (Å²) in [4.78, 5) is 21.9. The first kappa shape index (κ1) is 24.9. The van der Waals surface area contributed by atoms with Crippen LogP contribution in [-0.2, 0) is 16.1 Å². The van der Waals surface area contributed by atoms with Crippen molar-refractivity contribution in [3.05, 3.63) is 65.0 Å². The van der Waals surface area contributed by atoms with Crippen molar-refractivity contribution in [2.45, 2.75) is 38.3 Å². The Morgan fingerprint density at radius 2 is 2.03 bits per heavy atom. The van der Waals surface area contributed by atoms with Crippen molar-refractivity contribution >= 4 is 17.4 Å². The quantitative estimate of drug-likeness (QED) is 0.398. The molecule has 1 aliphatic heterocycles. The molecule has 1 saturated heterocycles. The molecule has 1 unspecified atom stereocenters. The van der Waals surface area contributed by atoms with Crippen LogP contribution < -0.4 is 15.8 Å². The Balaban J connectivity index is 1.34. The van der Waals surface area contributed by atoms with Crippen LogP contribution in [0.5, 0.6) is 5.75 Å². The van der Waals surface area contributed by atoms with Crippen LogP contribution in [0.2, 0.25) is 0 Å². The summed E-state index contributed by atoms with van der Waals surface area (Å²) in [7, 11) is 1.66. The van der Waals surface area contributed by atoms with Gasteiger partial charge in [0.05, 0.1) is 13.2 Å². The molecule has 1 aliphatic carbocycles. The van der Waals surface area contributed by atoms with Crippen LogP contribution in [0.1, 0.15) is 35.4 Å². The number of carbonyl (C=O) groups excluding carboxylic acids is 1.